The van der Waals surface area contributed by atoms with Gasteiger partial charge in [-0.05, 0) is 44.5 Å². The number of amides is 1. The molecule has 2 atom stereocenters. The fourth-order valence-electron chi connectivity index (χ4n) is 2.10. The normalized spacial score (nSPS) is 15.3. The Morgan fingerprint density at radius 3 is 2.12 bits per heavy atom. The monoisotopic (exact) mass is 381 g/mol. The van der Waals surface area contributed by atoms with Gasteiger partial charge in [0, 0.05) is 0 Å². The zero-order chi connectivity index (χ0) is 20.2. The van der Waals surface area contributed by atoms with Crippen molar-refractivity contribution in [2.45, 2.75) is 77.4 Å². The number of benzene rings is 1. The second-order valence-electron chi connectivity index (χ2n) is 9.17. The van der Waals surface area contributed by atoms with Gasteiger partial charge in [-0.3, -0.25) is 0 Å². The van der Waals surface area contributed by atoms with E-state index in [1.54, 1.807) is 20.8 Å². The molecule has 1 aromatic rings. The lowest BCUT2D eigenvalue weighted by atomic mass is 10.0. The number of nitrogens with one attached hydrogen (secondary N) is 1. The Bertz CT molecular complexity index is 576. The van der Waals surface area contributed by atoms with Crippen LogP contribution in [0.25, 0.3) is 0 Å². The average Bonchev–Trinajstić information content (AvgIpc) is 2.48. The van der Waals surface area contributed by atoms with E-state index < -0.39 is 32.2 Å². The van der Waals surface area contributed by atoms with Crippen LogP contribution in [0.5, 0.6) is 0 Å². The molecule has 0 aromatic heterocycles. The van der Waals surface area contributed by atoms with Crippen LogP contribution in [-0.2, 0) is 9.16 Å². The molecule has 6 heteroatoms. The van der Waals surface area contributed by atoms with E-state index in [0.717, 1.165) is 5.56 Å². The first-order valence-corrected chi connectivity index (χ1v) is 12.0. The van der Waals surface area contributed by atoms with Crippen LogP contribution in [-0.4, -0.2) is 37.8 Å². The fourth-order valence-corrected chi connectivity index (χ4v) is 3.12. The number of carbonyl (C=O) groups is 1. The van der Waals surface area contributed by atoms with Gasteiger partial charge in [0.15, 0.2) is 8.32 Å². The zero-order valence-electron chi connectivity index (χ0n) is 17.4. The number of hydrogen-bond donors (Lipinski definition) is 2. The number of aliphatic hydroxyl groups excluding tert-OH is 1. The lowest BCUT2D eigenvalue weighted by Crippen LogP contribution is -2.46. The average molecular weight is 382 g/mol. The van der Waals surface area contributed by atoms with E-state index in [4.69, 9.17) is 9.16 Å². The number of ether oxygens (including phenoxy) is 1. The molecule has 0 heterocycles. The highest BCUT2D eigenvalue weighted by Crippen LogP contribution is 2.36. The molecule has 0 bridgehead atoms. The van der Waals surface area contributed by atoms with Crippen LogP contribution in [0.2, 0.25) is 18.1 Å². The van der Waals surface area contributed by atoms with Gasteiger partial charge in [-0.2, -0.15) is 0 Å². The summed E-state index contributed by atoms with van der Waals surface area (Å²) >= 11 is 0. The zero-order valence-corrected chi connectivity index (χ0v) is 18.4. The van der Waals surface area contributed by atoms with Gasteiger partial charge in [-0.1, -0.05) is 51.1 Å². The van der Waals surface area contributed by atoms with Gasteiger partial charge >= 0.3 is 6.09 Å². The summed E-state index contributed by atoms with van der Waals surface area (Å²) in [7, 11) is -2.00. The van der Waals surface area contributed by atoms with Crippen LogP contribution in [0.1, 0.15) is 53.1 Å². The Kier molecular flexibility index (Phi) is 7.45. The SMILES string of the molecule is CC(C)(C)OC(=O)N[C@@H](c1ccccc1)[C@H](O)CO[Si](C)(C)C(C)(C)C. The molecule has 0 aliphatic carbocycles. The van der Waals surface area contributed by atoms with Crippen LogP contribution < -0.4 is 5.32 Å². The van der Waals surface area contributed by atoms with Gasteiger partial charge in [-0.25, -0.2) is 4.79 Å². The van der Waals surface area contributed by atoms with Crippen LogP contribution >= 0.6 is 0 Å². The van der Waals surface area contributed by atoms with Crippen molar-refractivity contribution < 1.29 is 19.1 Å². The van der Waals surface area contributed by atoms with E-state index in [2.05, 4.69) is 39.2 Å². The van der Waals surface area contributed by atoms with E-state index in [1.807, 2.05) is 30.3 Å². The van der Waals surface area contributed by atoms with Crippen molar-refractivity contribution in [3.05, 3.63) is 35.9 Å². The second kappa shape index (κ2) is 8.54. The Morgan fingerprint density at radius 2 is 1.65 bits per heavy atom. The van der Waals surface area contributed by atoms with Gasteiger partial charge in [0.25, 0.3) is 0 Å². The van der Waals surface area contributed by atoms with E-state index in [1.165, 1.54) is 0 Å². The summed E-state index contributed by atoms with van der Waals surface area (Å²) in [5.74, 6) is 0. The highest BCUT2D eigenvalue weighted by atomic mass is 28.4. The number of aliphatic hydroxyl groups is 1. The van der Waals surface area contributed by atoms with Gasteiger partial charge in [0.05, 0.1) is 12.6 Å². The van der Waals surface area contributed by atoms with Gasteiger partial charge in [-0.15, -0.1) is 0 Å². The van der Waals surface area contributed by atoms with E-state index in [-0.39, 0.29) is 11.6 Å². The second-order valence-corrected chi connectivity index (χ2v) is 14.0. The summed E-state index contributed by atoms with van der Waals surface area (Å²) in [6, 6.07) is 8.79. The molecule has 5 nitrogen and oxygen atoms in total. The summed E-state index contributed by atoms with van der Waals surface area (Å²) in [5, 5.41) is 13.6. The van der Waals surface area contributed by atoms with E-state index in [9.17, 15) is 9.90 Å². The summed E-state index contributed by atoms with van der Waals surface area (Å²) in [5.41, 5.74) is 0.207. The van der Waals surface area contributed by atoms with Crippen molar-refractivity contribution in [3.8, 4) is 0 Å². The summed E-state index contributed by atoms with van der Waals surface area (Å²) in [4.78, 5) is 12.2. The Hall–Kier alpha value is -1.37. The van der Waals surface area contributed by atoms with Crippen LogP contribution in [0.3, 0.4) is 0 Å². The van der Waals surface area contributed by atoms with Gasteiger partial charge < -0.3 is 19.6 Å². The lowest BCUT2D eigenvalue weighted by Gasteiger charge is -2.37. The standard InChI is InChI=1S/C20H35NO4Si/c1-19(2,3)25-18(23)21-17(15-12-10-9-11-13-15)16(22)14-24-26(7,8)20(4,5)6/h9-13,16-17,22H,14H2,1-8H3,(H,21,23)/t16-,17+/m1/s1. The first kappa shape index (κ1) is 22.7. The molecular formula is C20H35NO4Si. The third kappa shape index (κ3) is 7.09. The minimum absolute atomic E-state index is 0.0492. The molecule has 0 unspecified atom stereocenters. The number of rotatable bonds is 6. The number of alkyl carbamates (subject to hydrolysis) is 1. The third-order valence-electron chi connectivity index (χ3n) is 4.64. The maximum absolute atomic E-state index is 12.2. The Labute approximate surface area is 159 Å². The predicted molar refractivity (Wildman–Crippen MR) is 108 cm³/mol. The minimum atomic E-state index is -2.00. The Morgan fingerprint density at radius 1 is 1.12 bits per heavy atom. The van der Waals surface area contributed by atoms with Gasteiger partial charge in [0.2, 0.25) is 0 Å². The highest BCUT2D eigenvalue weighted by molar-refractivity contribution is 6.74. The molecule has 26 heavy (non-hydrogen) atoms. The summed E-state index contributed by atoms with van der Waals surface area (Å²) in [6.07, 6.45) is -1.43. The first-order valence-electron chi connectivity index (χ1n) is 9.09. The van der Waals surface area contributed by atoms with Crippen LogP contribution in [0, 0.1) is 0 Å². The molecular weight excluding hydrogens is 346 g/mol. The largest absolute Gasteiger partial charge is 0.444 e. The molecule has 0 fully saturated rings. The van der Waals surface area contributed by atoms with Crippen LogP contribution in [0.15, 0.2) is 30.3 Å². The van der Waals surface area contributed by atoms with E-state index in [0.29, 0.717) is 0 Å². The van der Waals surface area contributed by atoms with Crippen molar-refractivity contribution in [1.82, 2.24) is 5.32 Å². The van der Waals surface area contributed by atoms with E-state index >= 15 is 0 Å². The molecule has 0 spiro atoms. The molecule has 1 rings (SSSR count). The molecule has 0 radical (unpaired) electrons. The molecule has 0 aliphatic heterocycles. The van der Waals surface area contributed by atoms with Crippen molar-refractivity contribution >= 4 is 14.4 Å². The minimum Gasteiger partial charge on any atom is -0.444 e. The molecule has 148 valence electrons. The smallest absolute Gasteiger partial charge is 0.408 e. The first-order chi connectivity index (χ1) is 11.7. The van der Waals surface area contributed by atoms with Crippen molar-refractivity contribution in [2.24, 2.45) is 0 Å². The molecule has 1 aromatic carbocycles. The Balaban J connectivity index is 2.90. The van der Waals surface area contributed by atoms with Gasteiger partial charge in [0.1, 0.15) is 11.7 Å². The molecule has 0 aliphatic rings. The molecule has 1 amide bonds. The summed E-state index contributed by atoms with van der Waals surface area (Å²) in [6.45, 7) is 16.3. The maximum Gasteiger partial charge on any atom is 0.408 e. The lowest BCUT2D eigenvalue weighted by molar-refractivity contribution is 0.0330. The number of hydrogen-bond acceptors (Lipinski definition) is 4. The fraction of sp³-hybridized carbons (Fsp3) is 0.650. The molecule has 0 saturated carbocycles. The molecule has 0 saturated heterocycles. The highest BCUT2D eigenvalue weighted by Gasteiger charge is 2.38. The van der Waals surface area contributed by atoms with Crippen molar-refractivity contribution in [2.75, 3.05) is 6.61 Å². The van der Waals surface area contributed by atoms with Crippen molar-refractivity contribution in [3.63, 3.8) is 0 Å². The molecule has 2 N–H and O–H groups in total. The topological polar surface area (TPSA) is 67.8 Å². The van der Waals surface area contributed by atoms with Crippen LogP contribution in [0.4, 0.5) is 4.79 Å². The number of carbonyl (C=O) groups excluding carboxylic acids is 1. The quantitative estimate of drug-likeness (QED) is 0.705. The third-order valence-corrected chi connectivity index (χ3v) is 9.14. The van der Waals surface area contributed by atoms with Crippen molar-refractivity contribution in [1.29, 1.82) is 0 Å². The predicted octanol–water partition coefficient (Wildman–Crippen LogP) is 4.64. The summed E-state index contributed by atoms with van der Waals surface area (Å²) < 4.78 is 11.5. The maximum atomic E-state index is 12.2.